The number of rotatable bonds is 6. The smallest absolute Gasteiger partial charge is 0.191 e. The van der Waals surface area contributed by atoms with Crippen molar-refractivity contribution in [2.75, 3.05) is 19.7 Å². The number of aryl methyl sites for hydroxylation is 1. The summed E-state index contributed by atoms with van der Waals surface area (Å²) in [7, 11) is 0. The lowest BCUT2D eigenvalue weighted by atomic mass is 10.2. The second kappa shape index (κ2) is 10.7. The molecule has 0 aromatic heterocycles. The van der Waals surface area contributed by atoms with Crippen LogP contribution < -0.4 is 15.4 Å². The molecule has 0 spiro atoms. The zero-order valence-corrected chi connectivity index (χ0v) is 15.9. The maximum atomic E-state index is 5.77. The first kappa shape index (κ1) is 19.1. The van der Waals surface area contributed by atoms with Gasteiger partial charge in [0.15, 0.2) is 5.96 Å². The lowest BCUT2D eigenvalue weighted by Crippen LogP contribution is -2.42. The van der Waals surface area contributed by atoms with Gasteiger partial charge >= 0.3 is 0 Å². The third-order valence-corrected chi connectivity index (χ3v) is 3.75. The SMILES string of the molecule is CCNC(=NCCOc1ccccc1C)NC1CCCC1.I. The molecule has 0 saturated heterocycles. The number of ether oxygens (including phenoxy) is 1. The van der Waals surface area contributed by atoms with E-state index in [0.717, 1.165) is 23.8 Å². The van der Waals surface area contributed by atoms with Gasteiger partial charge in [-0.1, -0.05) is 31.0 Å². The molecular formula is C17H28IN3O. The summed E-state index contributed by atoms with van der Waals surface area (Å²) in [6.07, 6.45) is 5.16. The molecule has 2 rings (SSSR count). The van der Waals surface area contributed by atoms with Crippen LogP contribution in [-0.4, -0.2) is 31.7 Å². The molecule has 0 heterocycles. The van der Waals surface area contributed by atoms with Gasteiger partial charge in [-0.25, -0.2) is 4.99 Å². The molecule has 1 aliphatic rings. The second-order valence-corrected chi connectivity index (χ2v) is 5.50. The Morgan fingerprint density at radius 2 is 2.00 bits per heavy atom. The van der Waals surface area contributed by atoms with Gasteiger partial charge < -0.3 is 15.4 Å². The highest BCUT2D eigenvalue weighted by atomic mass is 127. The Labute approximate surface area is 151 Å². The van der Waals surface area contributed by atoms with E-state index in [1.54, 1.807) is 0 Å². The zero-order chi connectivity index (χ0) is 14.9. The number of benzene rings is 1. The maximum absolute atomic E-state index is 5.77. The fourth-order valence-electron chi connectivity index (χ4n) is 2.61. The van der Waals surface area contributed by atoms with Crippen LogP contribution in [0.25, 0.3) is 0 Å². The minimum atomic E-state index is 0. The van der Waals surface area contributed by atoms with Gasteiger partial charge in [0.1, 0.15) is 12.4 Å². The topological polar surface area (TPSA) is 45.7 Å². The van der Waals surface area contributed by atoms with Gasteiger partial charge in [0.25, 0.3) is 0 Å². The molecule has 1 aromatic carbocycles. The standard InChI is InChI=1S/C17H27N3O.HI/c1-3-18-17(20-15-9-5-6-10-15)19-12-13-21-16-11-7-4-8-14(16)2;/h4,7-8,11,15H,3,5-6,9-10,12-13H2,1-2H3,(H2,18,19,20);1H. The average Bonchev–Trinajstić information content (AvgIpc) is 2.98. The molecule has 1 aromatic rings. The number of nitrogens with zero attached hydrogens (tertiary/aromatic N) is 1. The lowest BCUT2D eigenvalue weighted by Gasteiger charge is -2.16. The highest BCUT2D eigenvalue weighted by Gasteiger charge is 2.15. The minimum absolute atomic E-state index is 0. The van der Waals surface area contributed by atoms with Crippen molar-refractivity contribution in [3.05, 3.63) is 29.8 Å². The van der Waals surface area contributed by atoms with Gasteiger partial charge in [0.05, 0.1) is 6.54 Å². The Kier molecular flexibility index (Phi) is 9.27. The monoisotopic (exact) mass is 417 g/mol. The Balaban J connectivity index is 0.00000242. The molecule has 0 aliphatic heterocycles. The van der Waals surface area contributed by atoms with Crippen molar-refractivity contribution in [1.82, 2.24) is 10.6 Å². The van der Waals surface area contributed by atoms with Crippen molar-refractivity contribution in [3.63, 3.8) is 0 Å². The van der Waals surface area contributed by atoms with Gasteiger partial charge in [-0.05, 0) is 38.3 Å². The van der Waals surface area contributed by atoms with E-state index >= 15 is 0 Å². The average molecular weight is 417 g/mol. The molecule has 0 radical (unpaired) electrons. The third kappa shape index (κ3) is 6.42. The van der Waals surface area contributed by atoms with E-state index in [4.69, 9.17) is 4.74 Å². The number of nitrogens with one attached hydrogen (secondary N) is 2. The van der Waals surface area contributed by atoms with Crippen molar-refractivity contribution in [2.45, 2.75) is 45.6 Å². The Bertz CT molecular complexity index is 459. The molecular weight excluding hydrogens is 389 g/mol. The molecule has 1 saturated carbocycles. The Hall–Kier alpha value is -0.980. The number of hydrogen-bond donors (Lipinski definition) is 2. The molecule has 0 unspecified atom stereocenters. The number of halogens is 1. The van der Waals surface area contributed by atoms with Gasteiger partial charge in [0.2, 0.25) is 0 Å². The van der Waals surface area contributed by atoms with Crippen LogP contribution in [0.4, 0.5) is 0 Å². The molecule has 1 aliphatic carbocycles. The second-order valence-electron chi connectivity index (χ2n) is 5.50. The molecule has 2 N–H and O–H groups in total. The zero-order valence-electron chi connectivity index (χ0n) is 13.6. The van der Waals surface area contributed by atoms with Crippen molar-refractivity contribution in [3.8, 4) is 5.75 Å². The van der Waals surface area contributed by atoms with Gasteiger partial charge in [-0.15, -0.1) is 24.0 Å². The number of para-hydroxylation sites is 1. The van der Waals surface area contributed by atoms with E-state index in [9.17, 15) is 0 Å². The predicted octanol–water partition coefficient (Wildman–Crippen LogP) is 3.49. The summed E-state index contributed by atoms with van der Waals surface area (Å²) in [4.78, 5) is 4.59. The lowest BCUT2D eigenvalue weighted by molar-refractivity contribution is 0.326. The fraction of sp³-hybridized carbons (Fsp3) is 0.588. The van der Waals surface area contributed by atoms with Crippen LogP contribution in [0.5, 0.6) is 5.75 Å². The van der Waals surface area contributed by atoms with Crippen molar-refractivity contribution < 1.29 is 4.74 Å². The maximum Gasteiger partial charge on any atom is 0.191 e. The molecule has 124 valence electrons. The van der Waals surface area contributed by atoms with Crippen LogP contribution in [0.15, 0.2) is 29.3 Å². The normalized spacial score (nSPS) is 15.3. The first-order chi connectivity index (χ1) is 10.3. The number of hydrogen-bond acceptors (Lipinski definition) is 2. The quantitative estimate of drug-likeness (QED) is 0.323. The molecule has 1 fully saturated rings. The summed E-state index contributed by atoms with van der Waals surface area (Å²) in [5.41, 5.74) is 1.16. The van der Waals surface area contributed by atoms with Crippen LogP contribution in [0.1, 0.15) is 38.2 Å². The van der Waals surface area contributed by atoms with Crippen LogP contribution in [0.2, 0.25) is 0 Å². The highest BCUT2D eigenvalue weighted by Crippen LogP contribution is 2.17. The summed E-state index contributed by atoms with van der Waals surface area (Å²) in [6, 6.07) is 8.66. The number of guanidine groups is 1. The van der Waals surface area contributed by atoms with Crippen LogP contribution in [0.3, 0.4) is 0 Å². The minimum Gasteiger partial charge on any atom is -0.491 e. The highest BCUT2D eigenvalue weighted by molar-refractivity contribution is 14.0. The summed E-state index contributed by atoms with van der Waals surface area (Å²) in [6.45, 7) is 6.31. The van der Waals surface area contributed by atoms with Gasteiger partial charge in [-0.2, -0.15) is 0 Å². The van der Waals surface area contributed by atoms with E-state index in [-0.39, 0.29) is 24.0 Å². The van der Waals surface area contributed by atoms with Gasteiger partial charge in [0, 0.05) is 12.6 Å². The Morgan fingerprint density at radius 3 is 2.68 bits per heavy atom. The van der Waals surface area contributed by atoms with Crippen LogP contribution in [0, 0.1) is 6.92 Å². The predicted molar refractivity (Wildman–Crippen MR) is 103 cm³/mol. The molecule has 0 atom stereocenters. The molecule has 22 heavy (non-hydrogen) atoms. The first-order valence-corrected chi connectivity index (χ1v) is 8.03. The number of aliphatic imine (C=N–C) groups is 1. The van der Waals surface area contributed by atoms with E-state index in [0.29, 0.717) is 19.2 Å². The molecule has 0 amide bonds. The summed E-state index contributed by atoms with van der Waals surface area (Å²) < 4.78 is 5.77. The largest absolute Gasteiger partial charge is 0.491 e. The Morgan fingerprint density at radius 1 is 1.27 bits per heavy atom. The third-order valence-electron chi connectivity index (χ3n) is 3.75. The van der Waals surface area contributed by atoms with E-state index in [1.807, 2.05) is 18.2 Å². The van der Waals surface area contributed by atoms with Crippen molar-refractivity contribution in [2.24, 2.45) is 4.99 Å². The van der Waals surface area contributed by atoms with Gasteiger partial charge in [-0.3, -0.25) is 0 Å². The summed E-state index contributed by atoms with van der Waals surface area (Å²) >= 11 is 0. The summed E-state index contributed by atoms with van der Waals surface area (Å²) in [5, 5.41) is 6.81. The van der Waals surface area contributed by atoms with E-state index < -0.39 is 0 Å². The first-order valence-electron chi connectivity index (χ1n) is 8.03. The fourth-order valence-corrected chi connectivity index (χ4v) is 2.61. The van der Waals surface area contributed by atoms with Crippen molar-refractivity contribution in [1.29, 1.82) is 0 Å². The molecule has 4 nitrogen and oxygen atoms in total. The van der Waals surface area contributed by atoms with E-state index in [2.05, 4.69) is 35.5 Å². The van der Waals surface area contributed by atoms with E-state index in [1.165, 1.54) is 25.7 Å². The van der Waals surface area contributed by atoms with Crippen LogP contribution >= 0.6 is 24.0 Å². The van der Waals surface area contributed by atoms with Crippen LogP contribution in [-0.2, 0) is 0 Å². The molecule has 5 heteroatoms. The molecule has 0 bridgehead atoms. The van der Waals surface area contributed by atoms with Crippen molar-refractivity contribution >= 4 is 29.9 Å². The summed E-state index contributed by atoms with van der Waals surface area (Å²) in [5.74, 6) is 1.86.